The number of hydrogen-bond donors (Lipinski definition) is 4. The number of nitrogen functional groups attached to an aromatic ring is 1. The lowest BCUT2D eigenvalue weighted by atomic mass is 10.2. The van der Waals surface area contributed by atoms with Crippen LogP contribution in [0.4, 0.5) is 5.69 Å². The van der Waals surface area contributed by atoms with Crippen molar-refractivity contribution in [1.29, 1.82) is 0 Å². The molecule has 0 aromatic heterocycles. The fraction of sp³-hybridized carbons (Fsp3) is 0.462. The largest absolute Gasteiger partial charge is 0.356 e. The van der Waals surface area contributed by atoms with Gasteiger partial charge in [0.2, 0.25) is 15.9 Å². The zero-order chi connectivity index (χ0) is 15.9. The fourth-order valence-electron chi connectivity index (χ4n) is 1.60. The quantitative estimate of drug-likeness (QED) is 0.410. The molecule has 1 aromatic rings. The molecule has 8 heteroatoms. The van der Waals surface area contributed by atoms with E-state index in [4.69, 9.17) is 5.84 Å². The van der Waals surface area contributed by atoms with E-state index in [1.54, 1.807) is 18.2 Å². The summed E-state index contributed by atoms with van der Waals surface area (Å²) in [5.74, 6) is 5.46. The maximum atomic E-state index is 12.1. The first-order valence-electron chi connectivity index (χ1n) is 6.69. The molecule has 0 spiro atoms. The molecule has 0 saturated carbocycles. The van der Waals surface area contributed by atoms with Gasteiger partial charge in [0.1, 0.15) is 4.90 Å². The second-order valence-electron chi connectivity index (χ2n) is 4.99. The van der Waals surface area contributed by atoms with Gasteiger partial charge >= 0.3 is 0 Å². The van der Waals surface area contributed by atoms with Gasteiger partial charge in [-0.2, -0.15) is 0 Å². The lowest BCUT2D eigenvalue weighted by Gasteiger charge is -2.11. The summed E-state index contributed by atoms with van der Waals surface area (Å²) < 4.78 is 26.6. The Morgan fingerprint density at radius 2 is 1.95 bits per heavy atom. The number of amides is 1. The molecule has 0 saturated heterocycles. The van der Waals surface area contributed by atoms with Crippen molar-refractivity contribution in [2.75, 3.05) is 18.5 Å². The van der Waals surface area contributed by atoms with Gasteiger partial charge in [-0.05, 0) is 18.1 Å². The van der Waals surface area contributed by atoms with Crippen molar-refractivity contribution in [3.05, 3.63) is 24.3 Å². The molecule has 0 unspecified atom stereocenters. The van der Waals surface area contributed by atoms with Gasteiger partial charge < -0.3 is 10.7 Å². The molecule has 118 valence electrons. The Morgan fingerprint density at radius 3 is 2.57 bits per heavy atom. The van der Waals surface area contributed by atoms with E-state index in [1.807, 2.05) is 13.8 Å². The Kier molecular flexibility index (Phi) is 6.60. The number of carbonyl (C=O) groups is 1. The van der Waals surface area contributed by atoms with Crippen LogP contribution in [0.25, 0.3) is 0 Å². The van der Waals surface area contributed by atoms with Crippen LogP contribution in [0.15, 0.2) is 29.2 Å². The molecular formula is C13H22N4O3S. The molecule has 21 heavy (non-hydrogen) atoms. The van der Waals surface area contributed by atoms with E-state index < -0.39 is 10.0 Å². The predicted octanol–water partition coefficient (Wildman–Crippen LogP) is 0.413. The molecule has 0 radical (unpaired) electrons. The topological polar surface area (TPSA) is 113 Å². The average molecular weight is 314 g/mol. The van der Waals surface area contributed by atoms with Gasteiger partial charge in [0, 0.05) is 19.5 Å². The van der Waals surface area contributed by atoms with Crippen molar-refractivity contribution in [2.24, 2.45) is 11.8 Å². The molecule has 1 rings (SSSR count). The normalized spacial score (nSPS) is 11.4. The minimum absolute atomic E-state index is 0.0329. The maximum absolute atomic E-state index is 12.1. The summed E-state index contributed by atoms with van der Waals surface area (Å²) in [6.07, 6.45) is 0.0875. The number of rotatable bonds is 8. The number of sulfonamides is 1. The summed E-state index contributed by atoms with van der Waals surface area (Å²) in [6.45, 7) is 4.58. The highest BCUT2D eigenvalue weighted by Gasteiger charge is 2.17. The first-order valence-corrected chi connectivity index (χ1v) is 8.17. The van der Waals surface area contributed by atoms with Gasteiger partial charge in [0.15, 0.2) is 0 Å². The Labute approximate surface area is 125 Å². The van der Waals surface area contributed by atoms with Crippen molar-refractivity contribution in [2.45, 2.75) is 25.2 Å². The molecule has 0 aliphatic carbocycles. The Hall–Kier alpha value is -1.64. The summed E-state index contributed by atoms with van der Waals surface area (Å²) in [6, 6.07) is 6.28. The third-order valence-corrected chi connectivity index (χ3v) is 4.20. The van der Waals surface area contributed by atoms with Crippen molar-refractivity contribution in [1.82, 2.24) is 10.0 Å². The minimum atomic E-state index is -3.70. The molecule has 0 aliphatic heterocycles. The number of para-hydroxylation sites is 1. The molecule has 5 N–H and O–H groups in total. The van der Waals surface area contributed by atoms with Crippen LogP contribution in [0.3, 0.4) is 0 Å². The molecule has 0 aliphatic rings. The first-order chi connectivity index (χ1) is 9.86. The number of nitrogens with one attached hydrogen (secondary N) is 3. The van der Waals surface area contributed by atoms with Gasteiger partial charge in [0.25, 0.3) is 0 Å². The van der Waals surface area contributed by atoms with Gasteiger partial charge in [-0.25, -0.2) is 13.1 Å². The Balaban J connectivity index is 2.56. The van der Waals surface area contributed by atoms with E-state index in [-0.39, 0.29) is 23.8 Å². The van der Waals surface area contributed by atoms with Gasteiger partial charge in [0.05, 0.1) is 5.69 Å². The molecule has 0 bridgehead atoms. The van der Waals surface area contributed by atoms with E-state index in [0.29, 0.717) is 18.2 Å². The highest BCUT2D eigenvalue weighted by atomic mass is 32.2. The van der Waals surface area contributed by atoms with E-state index in [1.165, 1.54) is 6.07 Å². The standard InChI is InChI=1S/C13H22N4O3S/c1-10(2)9-15-13(18)7-8-16-21(19,20)12-6-4-3-5-11(12)17-14/h3-6,10,16-17H,7-9,14H2,1-2H3,(H,15,18). The number of benzene rings is 1. The molecule has 0 fully saturated rings. The van der Waals surface area contributed by atoms with Crippen LogP contribution in [0, 0.1) is 5.92 Å². The monoisotopic (exact) mass is 314 g/mol. The fourth-order valence-corrected chi connectivity index (χ4v) is 2.80. The summed E-state index contributed by atoms with van der Waals surface area (Å²) in [5, 5.41) is 2.72. The number of nitrogens with two attached hydrogens (primary N) is 1. The van der Waals surface area contributed by atoms with Crippen molar-refractivity contribution in [3.63, 3.8) is 0 Å². The number of anilines is 1. The van der Waals surface area contributed by atoms with Gasteiger partial charge in [-0.15, -0.1) is 0 Å². The molecule has 7 nitrogen and oxygen atoms in total. The van der Waals surface area contributed by atoms with E-state index >= 15 is 0 Å². The number of hydrogen-bond acceptors (Lipinski definition) is 5. The van der Waals surface area contributed by atoms with E-state index in [9.17, 15) is 13.2 Å². The molecule has 0 atom stereocenters. The van der Waals surface area contributed by atoms with Crippen molar-refractivity contribution < 1.29 is 13.2 Å². The molecular weight excluding hydrogens is 292 g/mol. The first kappa shape index (κ1) is 17.4. The van der Waals surface area contributed by atoms with E-state index in [0.717, 1.165) is 0 Å². The summed E-state index contributed by atoms with van der Waals surface area (Å²) in [5.41, 5.74) is 2.64. The predicted molar refractivity (Wildman–Crippen MR) is 81.9 cm³/mol. The van der Waals surface area contributed by atoms with Gasteiger partial charge in [-0.1, -0.05) is 26.0 Å². The van der Waals surface area contributed by atoms with Crippen LogP contribution in [0.5, 0.6) is 0 Å². The summed E-state index contributed by atoms with van der Waals surface area (Å²) >= 11 is 0. The Morgan fingerprint density at radius 1 is 1.29 bits per heavy atom. The zero-order valence-corrected chi connectivity index (χ0v) is 13.0. The van der Waals surface area contributed by atoms with Crippen LogP contribution in [0.1, 0.15) is 20.3 Å². The lowest BCUT2D eigenvalue weighted by Crippen LogP contribution is -2.32. The Bertz CT molecular complexity index is 573. The molecule has 1 amide bonds. The van der Waals surface area contributed by atoms with Crippen molar-refractivity contribution in [3.8, 4) is 0 Å². The average Bonchev–Trinajstić information content (AvgIpc) is 2.44. The maximum Gasteiger partial charge on any atom is 0.242 e. The van der Waals surface area contributed by atoms with Crippen LogP contribution >= 0.6 is 0 Å². The van der Waals surface area contributed by atoms with Crippen LogP contribution in [0.2, 0.25) is 0 Å². The molecule has 0 heterocycles. The zero-order valence-electron chi connectivity index (χ0n) is 12.2. The smallest absolute Gasteiger partial charge is 0.242 e. The highest BCUT2D eigenvalue weighted by molar-refractivity contribution is 7.89. The SMILES string of the molecule is CC(C)CNC(=O)CCNS(=O)(=O)c1ccccc1NN. The van der Waals surface area contributed by atoms with Crippen LogP contribution in [-0.4, -0.2) is 27.4 Å². The number of hydrazine groups is 1. The van der Waals surface area contributed by atoms with Crippen molar-refractivity contribution >= 4 is 21.6 Å². The third kappa shape index (κ3) is 5.70. The highest BCUT2D eigenvalue weighted by Crippen LogP contribution is 2.19. The van der Waals surface area contributed by atoms with Crippen LogP contribution in [-0.2, 0) is 14.8 Å². The van der Waals surface area contributed by atoms with E-state index in [2.05, 4.69) is 15.5 Å². The van der Waals surface area contributed by atoms with Gasteiger partial charge in [-0.3, -0.25) is 10.6 Å². The third-order valence-electron chi connectivity index (χ3n) is 2.68. The second-order valence-corrected chi connectivity index (χ2v) is 6.72. The lowest BCUT2D eigenvalue weighted by molar-refractivity contribution is -0.121. The summed E-state index contributed by atoms with van der Waals surface area (Å²) in [4.78, 5) is 11.6. The minimum Gasteiger partial charge on any atom is -0.356 e. The second kappa shape index (κ2) is 7.96. The number of carbonyl (C=O) groups excluding carboxylic acids is 1. The van der Waals surface area contributed by atoms with Crippen LogP contribution < -0.4 is 21.3 Å². The molecule has 1 aromatic carbocycles. The summed E-state index contributed by atoms with van der Waals surface area (Å²) in [7, 11) is -3.70.